The molecule has 1 unspecified atom stereocenters. The maximum Gasteiger partial charge on any atom is 0.270 e. The highest BCUT2D eigenvalue weighted by molar-refractivity contribution is 7.92. The minimum absolute atomic E-state index is 0.163. The van der Waals surface area contributed by atoms with Crippen molar-refractivity contribution in [2.24, 2.45) is 0 Å². The minimum atomic E-state index is -3.28. The van der Waals surface area contributed by atoms with Gasteiger partial charge in [-0.05, 0) is 130 Å². The van der Waals surface area contributed by atoms with Crippen LogP contribution in [-0.2, 0) is 27.4 Å². The van der Waals surface area contributed by atoms with E-state index in [0.717, 1.165) is 42.5 Å². The number of sulfone groups is 1. The molecule has 0 bridgehead atoms. The van der Waals surface area contributed by atoms with Crippen LogP contribution in [0.25, 0.3) is 16.6 Å². The molecule has 2 aliphatic heterocycles. The molecule has 1 amide bonds. The normalized spacial score (nSPS) is 18.0. The average molecular weight is 738 g/mol. The second-order valence-corrected chi connectivity index (χ2v) is 17.0. The Bertz CT molecular complexity index is 2370. The van der Waals surface area contributed by atoms with Crippen LogP contribution < -0.4 is 10.9 Å². The zero-order valence-electron chi connectivity index (χ0n) is 30.2. The Morgan fingerprint density at radius 3 is 2.42 bits per heavy atom. The number of nitrogens with zero attached hydrogens (tertiary/aromatic N) is 3. The van der Waals surface area contributed by atoms with Crippen LogP contribution in [0.15, 0.2) is 70.4 Å². The quantitative estimate of drug-likeness (QED) is 0.172. The van der Waals surface area contributed by atoms with E-state index in [9.17, 15) is 22.4 Å². The fraction of sp³-hybridized carbons (Fsp3) is 0.390. The van der Waals surface area contributed by atoms with Crippen molar-refractivity contribution < 1.29 is 22.3 Å². The summed E-state index contributed by atoms with van der Waals surface area (Å²) in [6.45, 7) is 7.49. The third-order valence-corrected chi connectivity index (χ3v) is 13.4. The molecule has 2 aromatic heterocycles. The topological polar surface area (TPSA) is 126 Å². The van der Waals surface area contributed by atoms with E-state index in [1.807, 2.05) is 31.2 Å². The molecule has 8 rings (SSSR count). The number of ether oxygens (including phenoxy) is 1. The molecule has 1 saturated carbocycles. The molecule has 1 aliphatic carbocycles. The number of rotatable bonds is 9. The van der Waals surface area contributed by atoms with Crippen LogP contribution in [0.3, 0.4) is 0 Å². The third-order valence-electron chi connectivity index (χ3n) is 11.1. The first-order valence-corrected chi connectivity index (χ1v) is 20.0. The summed E-state index contributed by atoms with van der Waals surface area (Å²) in [6.07, 6.45) is 4.25. The highest BCUT2D eigenvalue weighted by Gasteiger charge is 2.37. The fourth-order valence-electron chi connectivity index (χ4n) is 7.86. The van der Waals surface area contributed by atoms with Gasteiger partial charge in [-0.2, -0.15) is 0 Å². The van der Waals surface area contributed by atoms with Gasteiger partial charge in [0.05, 0.1) is 27.6 Å². The van der Waals surface area contributed by atoms with E-state index in [1.165, 1.54) is 10.1 Å². The highest BCUT2D eigenvalue weighted by atomic mass is 32.2. The predicted molar refractivity (Wildman–Crippen MR) is 202 cm³/mol. The SMILES string of the molecule is Cc1cc(-n2c(NCCc3ccc(S(=O)(=O)C4CC4)cc3)nc3c(c2=O)CCN(C(=O)c2cc4cc(C5CCOCC5)ccc4[nH]2)C3C)cc(C)c1F. The van der Waals surface area contributed by atoms with Crippen LogP contribution >= 0.6 is 0 Å². The van der Waals surface area contributed by atoms with Crippen molar-refractivity contribution in [3.8, 4) is 5.69 Å². The van der Waals surface area contributed by atoms with Gasteiger partial charge in [-0.25, -0.2) is 22.4 Å². The smallest absolute Gasteiger partial charge is 0.270 e. The van der Waals surface area contributed by atoms with Crippen molar-refractivity contribution in [3.63, 3.8) is 0 Å². The molecule has 12 heteroatoms. The van der Waals surface area contributed by atoms with Gasteiger partial charge in [-0.1, -0.05) is 18.2 Å². The van der Waals surface area contributed by atoms with Gasteiger partial charge >= 0.3 is 0 Å². The van der Waals surface area contributed by atoms with E-state index in [2.05, 4.69) is 22.4 Å². The summed E-state index contributed by atoms with van der Waals surface area (Å²) in [4.78, 5) is 38.9. The molecule has 3 aliphatic rings. The van der Waals surface area contributed by atoms with Gasteiger partial charge in [0.1, 0.15) is 11.5 Å². The Balaban J connectivity index is 1.08. The number of amides is 1. The Hall–Kier alpha value is -4.81. The first-order valence-electron chi connectivity index (χ1n) is 18.5. The van der Waals surface area contributed by atoms with Crippen molar-refractivity contribution in [1.29, 1.82) is 0 Å². The summed E-state index contributed by atoms with van der Waals surface area (Å²) >= 11 is 0. The van der Waals surface area contributed by atoms with Crippen LogP contribution in [-0.4, -0.2) is 65.3 Å². The number of anilines is 1. The second-order valence-electron chi connectivity index (χ2n) is 14.7. The number of carbonyl (C=O) groups is 1. The average Bonchev–Trinajstić information content (AvgIpc) is 3.94. The number of aryl methyl sites for hydroxylation is 2. The van der Waals surface area contributed by atoms with Gasteiger partial charge < -0.3 is 19.9 Å². The lowest BCUT2D eigenvalue weighted by atomic mass is 9.91. The number of fused-ring (bicyclic) bond motifs is 2. The van der Waals surface area contributed by atoms with Gasteiger partial charge in [0.25, 0.3) is 11.5 Å². The lowest BCUT2D eigenvalue weighted by Gasteiger charge is -2.34. The zero-order valence-corrected chi connectivity index (χ0v) is 31.1. The number of aromatic nitrogens is 3. The predicted octanol–water partition coefficient (Wildman–Crippen LogP) is 6.71. The molecule has 3 aromatic carbocycles. The molecule has 53 heavy (non-hydrogen) atoms. The Labute approximate surface area is 308 Å². The summed E-state index contributed by atoms with van der Waals surface area (Å²) in [5, 5.41) is 4.06. The first kappa shape index (κ1) is 35.2. The number of aromatic amines is 1. The number of benzene rings is 3. The number of hydrogen-bond acceptors (Lipinski definition) is 7. The maximum absolute atomic E-state index is 14.7. The van der Waals surface area contributed by atoms with Gasteiger partial charge in [-0.15, -0.1) is 0 Å². The number of H-pyrrole nitrogens is 1. The number of halogens is 1. The number of carbonyl (C=O) groups excluding carboxylic acids is 1. The molecular weight excluding hydrogens is 694 g/mol. The molecule has 276 valence electrons. The van der Waals surface area contributed by atoms with Gasteiger partial charge in [-0.3, -0.25) is 9.59 Å². The summed E-state index contributed by atoms with van der Waals surface area (Å²) in [5.41, 5.74) is 5.69. The lowest BCUT2D eigenvalue weighted by Crippen LogP contribution is -2.43. The molecular formula is C41H44FN5O5S. The van der Waals surface area contributed by atoms with Crippen molar-refractivity contribution in [2.45, 2.75) is 81.4 Å². The van der Waals surface area contributed by atoms with Crippen LogP contribution in [0.2, 0.25) is 0 Å². The molecule has 0 radical (unpaired) electrons. The van der Waals surface area contributed by atoms with Crippen LogP contribution in [0.5, 0.6) is 0 Å². The summed E-state index contributed by atoms with van der Waals surface area (Å²) in [5.74, 6) is 0.246. The molecule has 4 heterocycles. The van der Waals surface area contributed by atoms with E-state index in [1.54, 1.807) is 43.0 Å². The van der Waals surface area contributed by atoms with Crippen molar-refractivity contribution in [3.05, 3.63) is 116 Å². The highest BCUT2D eigenvalue weighted by Crippen LogP contribution is 2.34. The maximum atomic E-state index is 14.7. The van der Waals surface area contributed by atoms with Gasteiger partial charge in [0.15, 0.2) is 9.84 Å². The lowest BCUT2D eigenvalue weighted by molar-refractivity contribution is 0.0667. The second kappa shape index (κ2) is 13.9. The molecule has 1 atom stereocenters. The summed E-state index contributed by atoms with van der Waals surface area (Å²) in [6, 6.07) is 18.0. The third kappa shape index (κ3) is 6.67. The molecule has 2 N–H and O–H groups in total. The standard InChI is InChI=1S/C41H44FN5O5S/c1-24-20-31(21-25(2)37(24)42)47-39(48)34-13-17-46(40(49)36-23-30-22-29(6-11-35(30)44-36)28-14-18-52-19-15-28)26(3)38(34)45-41(47)43-16-12-27-4-7-32(8-5-27)53(50,51)33-9-10-33/h4-8,11,20-23,26,28,33,44H,9-10,12-19H2,1-3H3,(H,43,45). The van der Waals surface area contributed by atoms with E-state index in [4.69, 9.17) is 9.72 Å². The van der Waals surface area contributed by atoms with Crippen molar-refractivity contribution >= 4 is 32.6 Å². The van der Waals surface area contributed by atoms with Crippen LogP contribution in [0.1, 0.15) is 88.6 Å². The number of nitrogens with one attached hydrogen (secondary N) is 2. The van der Waals surface area contributed by atoms with Gasteiger partial charge in [0, 0.05) is 42.8 Å². The van der Waals surface area contributed by atoms with Crippen molar-refractivity contribution in [2.75, 3.05) is 31.6 Å². The molecule has 1 saturated heterocycles. The largest absolute Gasteiger partial charge is 0.381 e. The van der Waals surface area contributed by atoms with Crippen molar-refractivity contribution in [1.82, 2.24) is 19.4 Å². The summed E-state index contributed by atoms with van der Waals surface area (Å²) < 4.78 is 47.1. The molecule has 2 fully saturated rings. The molecule has 10 nitrogen and oxygen atoms in total. The van der Waals surface area contributed by atoms with Crippen LogP contribution in [0, 0.1) is 19.7 Å². The van der Waals surface area contributed by atoms with Gasteiger partial charge in [0.2, 0.25) is 5.95 Å². The molecule has 0 spiro atoms. The van der Waals surface area contributed by atoms with Crippen LogP contribution in [0.4, 0.5) is 10.3 Å². The van der Waals surface area contributed by atoms with E-state index in [0.29, 0.717) is 89.3 Å². The Morgan fingerprint density at radius 1 is 1.00 bits per heavy atom. The zero-order chi connectivity index (χ0) is 37.0. The molecule has 5 aromatic rings. The summed E-state index contributed by atoms with van der Waals surface area (Å²) in [7, 11) is -3.28. The first-order chi connectivity index (χ1) is 25.5. The van der Waals surface area contributed by atoms with E-state index in [-0.39, 0.29) is 22.5 Å². The number of hydrogen-bond donors (Lipinski definition) is 2. The monoisotopic (exact) mass is 737 g/mol. The van der Waals surface area contributed by atoms with E-state index >= 15 is 0 Å². The Kier molecular flexibility index (Phi) is 9.22. The minimum Gasteiger partial charge on any atom is -0.381 e. The van der Waals surface area contributed by atoms with E-state index < -0.39 is 15.9 Å². The fourth-order valence-corrected chi connectivity index (χ4v) is 9.51. The Morgan fingerprint density at radius 2 is 1.72 bits per heavy atom.